The summed E-state index contributed by atoms with van der Waals surface area (Å²) in [6.45, 7) is 15.1. The first kappa shape index (κ1) is 22.8. The maximum atomic E-state index is 12.8. The summed E-state index contributed by atoms with van der Waals surface area (Å²) in [7, 11) is 0. The molecule has 1 saturated heterocycles. The SMILES string of the molecule is Cc1cc(C)n(-c2cc(N3CCN(C(=O)Nc4ccc(C(C)(C)C)cc4)CC3)nc(C)n2)n1. The standard InChI is InChI=1S/C25H33N7O/c1-17-15-18(2)32(29-17)23-16-22(26-19(3)27-23)30-11-13-31(14-12-30)24(33)28-21-9-7-20(8-10-21)25(4,5)6/h7-10,15-16H,11-14H2,1-6H3,(H,28,33). The molecule has 0 atom stereocenters. The summed E-state index contributed by atoms with van der Waals surface area (Å²) in [5.74, 6) is 2.33. The molecule has 0 saturated carbocycles. The highest BCUT2D eigenvalue weighted by Gasteiger charge is 2.23. The topological polar surface area (TPSA) is 79.2 Å². The largest absolute Gasteiger partial charge is 0.353 e. The first-order chi connectivity index (χ1) is 15.6. The fourth-order valence-corrected chi connectivity index (χ4v) is 4.06. The number of nitrogens with zero attached hydrogens (tertiary/aromatic N) is 6. The van der Waals surface area contributed by atoms with E-state index in [0.29, 0.717) is 32.0 Å². The van der Waals surface area contributed by atoms with Crippen LogP contribution in [0, 0.1) is 20.8 Å². The van der Waals surface area contributed by atoms with Crippen molar-refractivity contribution in [2.45, 2.75) is 47.0 Å². The lowest BCUT2D eigenvalue weighted by Crippen LogP contribution is -2.50. The third-order valence-electron chi connectivity index (χ3n) is 5.93. The zero-order valence-corrected chi connectivity index (χ0v) is 20.4. The average Bonchev–Trinajstić information content (AvgIpc) is 3.11. The molecule has 174 valence electrons. The highest BCUT2D eigenvalue weighted by atomic mass is 16.2. The monoisotopic (exact) mass is 447 g/mol. The molecule has 1 N–H and O–H groups in total. The average molecular weight is 448 g/mol. The quantitative estimate of drug-likeness (QED) is 0.650. The molecule has 0 radical (unpaired) electrons. The molecule has 2 amide bonds. The second-order valence-electron chi connectivity index (χ2n) is 9.70. The number of hydrogen-bond acceptors (Lipinski definition) is 5. The second kappa shape index (κ2) is 8.84. The second-order valence-corrected chi connectivity index (χ2v) is 9.70. The van der Waals surface area contributed by atoms with Crippen LogP contribution >= 0.6 is 0 Å². The van der Waals surface area contributed by atoms with Gasteiger partial charge >= 0.3 is 6.03 Å². The Balaban J connectivity index is 1.40. The summed E-state index contributed by atoms with van der Waals surface area (Å²) in [4.78, 5) is 26.0. The smallest absolute Gasteiger partial charge is 0.321 e. The minimum absolute atomic E-state index is 0.0691. The van der Waals surface area contributed by atoms with Crippen molar-refractivity contribution in [2.75, 3.05) is 36.4 Å². The number of aromatic nitrogens is 4. The van der Waals surface area contributed by atoms with Gasteiger partial charge in [0.15, 0.2) is 5.82 Å². The van der Waals surface area contributed by atoms with Crippen molar-refractivity contribution < 1.29 is 4.79 Å². The molecular weight excluding hydrogens is 414 g/mol. The molecule has 0 aliphatic carbocycles. The summed E-state index contributed by atoms with van der Waals surface area (Å²) < 4.78 is 1.85. The van der Waals surface area contributed by atoms with E-state index in [1.807, 2.05) is 54.6 Å². The van der Waals surface area contributed by atoms with Gasteiger partial charge in [0.2, 0.25) is 0 Å². The van der Waals surface area contributed by atoms with Gasteiger partial charge in [0.25, 0.3) is 0 Å². The zero-order chi connectivity index (χ0) is 23.8. The summed E-state index contributed by atoms with van der Waals surface area (Å²) in [5, 5.41) is 7.57. The van der Waals surface area contributed by atoms with Crippen LogP contribution in [-0.2, 0) is 5.41 Å². The molecule has 1 aliphatic rings. The first-order valence-electron chi connectivity index (χ1n) is 11.4. The molecular formula is C25H33N7O. The number of nitrogens with one attached hydrogen (secondary N) is 1. The molecule has 33 heavy (non-hydrogen) atoms. The van der Waals surface area contributed by atoms with Gasteiger partial charge in [0.05, 0.1) is 5.69 Å². The number of carbonyl (C=O) groups excluding carboxylic acids is 1. The van der Waals surface area contributed by atoms with E-state index in [-0.39, 0.29) is 11.4 Å². The molecule has 8 heteroatoms. The lowest BCUT2D eigenvalue weighted by Gasteiger charge is -2.35. The van der Waals surface area contributed by atoms with Crippen LogP contribution in [0.15, 0.2) is 36.4 Å². The Hall–Kier alpha value is -3.42. The lowest BCUT2D eigenvalue weighted by atomic mass is 9.87. The molecule has 4 rings (SSSR count). The molecule has 0 spiro atoms. The fraction of sp³-hybridized carbons (Fsp3) is 0.440. The molecule has 8 nitrogen and oxygen atoms in total. The molecule has 2 aromatic heterocycles. The van der Waals surface area contributed by atoms with Crippen molar-refractivity contribution in [3.05, 3.63) is 59.2 Å². The van der Waals surface area contributed by atoms with Crippen molar-refractivity contribution in [2.24, 2.45) is 0 Å². The van der Waals surface area contributed by atoms with Gasteiger partial charge in [-0.15, -0.1) is 0 Å². The van der Waals surface area contributed by atoms with Crippen molar-refractivity contribution >= 4 is 17.5 Å². The third kappa shape index (κ3) is 5.16. The van der Waals surface area contributed by atoms with Gasteiger partial charge in [-0.05, 0) is 49.9 Å². The molecule has 3 aromatic rings. The van der Waals surface area contributed by atoms with Gasteiger partial charge in [-0.25, -0.2) is 19.4 Å². The van der Waals surface area contributed by atoms with Crippen molar-refractivity contribution in [1.82, 2.24) is 24.6 Å². The number of amides is 2. The number of anilines is 2. The summed E-state index contributed by atoms with van der Waals surface area (Å²) in [5.41, 5.74) is 4.14. The first-order valence-corrected chi connectivity index (χ1v) is 11.4. The van der Waals surface area contributed by atoms with E-state index in [9.17, 15) is 4.79 Å². The number of piperazine rings is 1. The van der Waals surface area contributed by atoms with Gasteiger partial charge in [-0.3, -0.25) is 0 Å². The van der Waals surface area contributed by atoms with Gasteiger partial charge in [0.1, 0.15) is 11.6 Å². The highest BCUT2D eigenvalue weighted by molar-refractivity contribution is 5.89. The molecule has 1 fully saturated rings. The van der Waals surface area contributed by atoms with Gasteiger partial charge in [-0.2, -0.15) is 5.10 Å². The molecule has 0 unspecified atom stereocenters. The number of rotatable bonds is 3. The number of urea groups is 1. The van der Waals surface area contributed by atoms with Crippen LogP contribution in [0.4, 0.5) is 16.3 Å². The van der Waals surface area contributed by atoms with E-state index < -0.39 is 0 Å². The maximum absolute atomic E-state index is 12.8. The van der Waals surface area contributed by atoms with E-state index in [4.69, 9.17) is 0 Å². The minimum atomic E-state index is -0.0691. The predicted octanol–water partition coefficient (Wildman–Crippen LogP) is 4.24. The van der Waals surface area contributed by atoms with Crippen LogP contribution < -0.4 is 10.2 Å². The predicted molar refractivity (Wildman–Crippen MR) is 131 cm³/mol. The summed E-state index contributed by atoms with van der Waals surface area (Å²) in [6, 6.07) is 12.0. The highest BCUT2D eigenvalue weighted by Crippen LogP contribution is 2.24. The molecule has 3 heterocycles. The van der Waals surface area contributed by atoms with E-state index in [1.165, 1.54) is 5.56 Å². The fourth-order valence-electron chi connectivity index (χ4n) is 4.06. The Kier molecular flexibility index (Phi) is 6.10. The third-order valence-corrected chi connectivity index (χ3v) is 5.93. The van der Waals surface area contributed by atoms with Gasteiger partial charge in [0, 0.05) is 43.6 Å². The van der Waals surface area contributed by atoms with Crippen molar-refractivity contribution in [1.29, 1.82) is 0 Å². The summed E-state index contributed by atoms with van der Waals surface area (Å²) in [6.07, 6.45) is 0. The van der Waals surface area contributed by atoms with Crippen LogP contribution in [0.5, 0.6) is 0 Å². The van der Waals surface area contributed by atoms with Crippen molar-refractivity contribution in [3.63, 3.8) is 0 Å². The Bertz CT molecular complexity index is 1140. The van der Waals surface area contributed by atoms with Gasteiger partial charge < -0.3 is 15.1 Å². The zero-order valence-electron chi connectivity index (χ0n) is 20.4. The Labute approximate surface area is 195 Å². The normalized spacial score (nSPS) is 14.5. The van der Waals surface area contributed by atoms with E-state index >= 15 is 0 Å². The van der Waals surface area contributed by atoms with E-state index in [1.54, 1.807) is 0 Å². The van der Waals surface area contributed by atoms with Crippen LogP contribution in [0.25, 0.3) is 5.82 Å². The lowest BCUT2D eigenvalue weighted by molar-refractivity contribution is 0.208. The molecule has 1 aliphatic heterocycles. The van der Waals surface area contributed by atoms with Crippen LogP contribution in [0.2, 0.25) is 0 Å². The number of aryl methyl sites for hydroxylation is 3. The Morgan fingerprint density at radius 1 is 0.909 bits per heavy atom. The number of carbonyl (C=O) groups is 1. The maximum Gasteiger partial charge on any atom is 0.321 e. The van der Waals surface area contributed by atoms with Crippen molar-refractivity contribution in [3.8, 4) is 5.82 Å². The molecule has 1 aromatic carbocycles. The van der Waals surface area contributed by atoms with Gasteiger partial charge in [-0.1, -0.05) is 32.9 Å². The number of benzene rings is 1. The van der Waals surface area contributed by atoms with Crippen LogP contribution in [-0.4, -0.2) is 56.9 Å². The van der Waals surface area contributed by atoms with Crippen LogP contribution in [0.3, 0.4) is 0 Å². The number of hydrogen-bond donors (Lipinski definition) is 1. The summed E-state index contributed by atoms with van der Waals surface area (Å²) >= 11 is 0. The Morgan fingerprint density at radius 2 is 1.55 bits per heavy atom. The minimum Gasteiger partial charge on any atom is -0.353 e. The van der Waals surface area contributed by atoms with E-state index in [0.717, 1.165) is 28.7 Å². The van der Waals surface area contributed by atoms with E-state index in [2.05, 4.69) is 58.2 Å². The molecule has 0 bridgehead atoms. The Morgan fingerprint density at radius 3 is 2.12 bits per heavy atom. The van der Waals surface area contributed by atoms with Crippen LogP contribution in [0.1, 0.15) is 43.5 Å².